The zero-order chi connectivity index (χ0) is 17.3. The first-order valence-corrected chi connectivity index (χ1v) is 9.00. The van der Waals surface area contributed by atoms with Gasteiger partial charge in [0.25, 0.3) is 0 Å². The molecular formula is C17H21N5OS. The van der Waals surface area contributed by atoms with Crippen LogP contribution in [-0.2, 0) is 4.79 Å². The van der Waals surface area contributed by atoms with Gasteiger partial charge >= 0.3 is 0 Å². The first-order chi connectivity index (χ1) is 11.5. The van der Waals surface area contributed by atoms with Crippen molar-refractivity contribution >= 4 is 34.2 Å². The molecule has 24 heavy (non-hydrogen) atoms. The van der Waals surface area contributed by atoms with Crippen LogP contribution in [0.15, 0.2) is 29.4 Å². The third kappa shape index (κ3) is 2.96. The second-order valence-corrected chi connectivity index (χ2v) is 6.88. The number of amides is 1. The minimum absolute atomic E-state index is 0.116. The van der Waals surface area contributed by atoms with Gasteiger partial charge in [-0.2, -0.15) is 4.52 Å². The van der Waals surface area contributed by atoms with Crippen LogP contribution in [0.25, 0.3) is 16.6 Å². The molecule has 0 saturated heterocycles. The molecule has 0 N–H and O–H groups in total. The van der Waals surface area contributed by atoms with E-state index in [4.69, 9.17) is 4.98 Å². The van der Waals surface area contributed by atoms with Gasteiger partial charge in [-0.15, -0.1) is 5.10 Å². The van der Waals surface area contributed by atoms with E-state index in [0.29, 0.717) is 24.1 Å². The molecule has 1 atom stereocenters. The summed E-state index contributed by atoms with van der Waals surface area (Å²) in [7, 11) is 0. The molecule has 1 amide bonds. The van der Waals surface area contributed by atoms with Crippen molar-refractivity contribution in [2.45, 2.75) is 38.1 Å². The van der Waals surface area contributed by atoms with Crippen LogP contribution in [0.2, 0.25) is 0 Å². The highest BCUT2D eigenvalue weighted by atomic mass is 32.2. The Labute approximate surface area is 145 Å². The van der Waals surface area contributed by atoms with Gasteiger partial charge in [0.05, 0.1) is 10.8 Å². The summed E-state index contributed by atoms with van der Waals surface area (Å²) in [6.07, 6.45) is 0. The van der Waals surface area contributed by atoms with Gasteiger partial charge < -0.3 is 4.90 Å². The third-order valence-electron chi connectivity index (χ3n) is 3.96. The average molecular weight is 343 g/mol. The molecule has 0 fully saturated rings. The number of benzene rings is 1. The monoisotopic (exact) mass is 343 g/mol. The smallest absolute Gasteiger partial charge is 0.235 e. The maximum Gasteiger partial charge on any atom is 0.235 e. The van der Waals surface area contributed by atoms with Crippen LogP contribution in [-0.4, -0.2) is 48.7 Å². The van der Waals surface area contributed by atoms with E-state index in [9.17, 15) is 4.79 Å². The minimum atomic E-state index is -0.230. The van der Waals surface area contributed by atoms with Crippen LogP contribution < -0.4 is 0 Å². The van der Waals surface area contributed by atoms with Crippen molar-refractivity contribution in [1.82, 2.24) is 24.5 Å². The Morgan fingerprint density at radius 3 is 2.67 bits per heavy atom. The van der Waals surface area contributed by atoms with E-state index in [0.717, 1.165) is 16.6 Å². The summed E-state index contributed by atoms with van der Waals surface area (Å²) >= 11 is 1.43. The zero-order valence-electron chi connectivity index (χ0n) is 14.4. The van der Waals surface area contributed by atoms with Crippen molar-refractivity contribution in [2.24, 2.45) is 0 Å². The van der Waals surface area contributed by atoms with Crippen molar-refractivity contribution < 1.29 is 4.79 Å². The SMILES string of the molecule is CCN(CC)C(=O)C(C)Sc1nc2ccccc2c2nc(C)nn12. The molecule has 0 aliphatic carbocycles. The Balaban J connectivity index is 2.03. The van der Waals surface area contributed by atoms with Gasteiger partial charge in [-0.25, -0.2) is 9.97 Å². The molecule has 0 aliphatic heterocycles. The Morgan fingerprint density at radius 2 is 1.96 bits per heavy atom. The topological polar surface area (TPSA) is 63.4 Å². The second-order valence-electron chi connectivity index (χ2n) is 5.58. The van der Waals surface area contributed by atoms with Gasteiger partial charge in [0.15, 0.2) is 10.8 Å². The first-order valence-electron chi connectivity index (χ1n) is 8.12. The number of carbonyl (C=O) groups excluding carboxylic acids is 1. The molecule has 0 spiro atoms. The number of fused-ring (bicyclic) bond motifs is 3. The van der Waals surface area contributed by atoms with Crippen LogP contribution in [0, 0.1) is 6.92 Å². The zero-order valence-corrected chi connectivity index (χ0v) is 15.2. The number of rotatable bonds is 5. The maximum absolute atomic E-state index is 12.5. The van der Waals surface area contributed by atoms with Crippen LogP contribution >= 0.6 is 11.8 Å². The van der Waals surface area contributed by atoms with E-state index in [-0.39, 0.29) is 11.2 Å². The summed E-state index contributed by atoms with van der Waals surface area (Å²) in [4.78, 5) is 23.6. The largest absolute Gasteiger partial charge is 0.342 e. The number of hydrogen-bond acceptors (Lipinski definition) is 5. The third-order valence-corrected chi connectivity index (χ3v) is 4.99. The number of nitrogens with zero attached hydrogens (tertiary/aromatic N) is 5. The van der Waals surface area contributed by atoms with Crippen molar-refractivity contribution in [3.63, 3.8) is 0 Å². The lowest BCUT2D eigenvalue weighted by Gasteiger charge is -2.22. The number of hydrogen-bond donors (Lipinski definition) is 0. The molecule has 1 unspecified atom stereocenters. The van der Waals surface area contributed by atoms with E-state index in [2.05, 4.69) is 10.1 Å². The van der Waals surface area contributed by atoms with Gasteiger partial charge in [-0.3, -0.25) is 4.79 Å². The predicted octanol–water partition coefficient (Wildman–Crippen LogP) is 2.93. The fourth-order valence-electron chi connectivity index (χ4n) is 2.71. The van der Waals surface area contributed by atoms with Gasteiger partial charge in [-0.1, -0.05) is 23.9 Å². The molecule has 126 valence electrons. The molecule has 2 aromatic heterocycles. The van der Waals surface area contributed by atoms with Gasteiger partial charge in [-0.05, 0) is 39.8 Å². The summed E-state index contributed by atoms with van der Waals surface area (Å²) in [5, 5.41) is 5.88. The molecule has 1 aromatic carbocycles. The van der Waals surface area contributed by atoms with Crippen molar-refractivity contribution in [3.8, 4) is 0 Å². The predicted molar refractivity (Wildman–Crippen MR) is 96.3 cm³/mol. The molecular weight excluding hydrogens is 322 g/mol. The summed E-state index contributed by atoms with van der Waals surface area (Å²) in [6.45, 7) is 9.18. The van der Waals surface area contributed by atoms with Gasteiger partial charge in [0, 0.05) is 18.5 Å². The lowest BCUT2D eigenvalue weighted by molar-refractivity contribution is -0.129. The van der Waals surface area contributed by atoms with Crippen LogP contribution in [0.1, 0.15) is 26.6 Å². The van der Waals surface area contributed by atoms with Crippen LogP contribution in [0.5, 0.6) is 0 Å². The molecule has 0 bridgehead atoms. The molecule has 0 radical (unpaired) electrons. The summed E-state index contributed by atoms with van der Waals surface area (Å²) < 4.78 is 1.74. The normalized spacial score (nSPS) is 12.7. The fraction of sp³-hybridized carbons (Fsp3) is 0.412. The number of para-hydroxylation sites is 1. The lowest BCUT2D eigenvalue weighted by Crippen LogP contribution is -2.36. The van der Waals surface area contributed by atoms with Crippen LogP contribution in [0.4, 0.5) is 0 Å². The molecule has 3 aromatic rings. The summed E-state index contributed by atoms with van der Waals surface area (Å²) in [5.74, 6) is 0.808. The number of thioether (sulfide) groups is 1. The Kier molecular flexibility index (Phi) is 4.71. The standard InChI is InChI=1S/C17H21N5OS/c1-5-21(6-2)16(23)11(3)24-17-19-14-10-8-7-9-13(14)15-18-12(4)20-22(15)17/h7-11H,5-6H2,1-4H3. The average Bonchev–Trinajstić information content (AvgIpc) is 2.98. The van der Waals surface area contributed by atoms with Crippen LogP contribution in [0.3, 0.4) is 0 Å². The fourth-order valence-corrected chi connectivity index (χ4v) is 3.65. The summed E-state index contributed by atoms with van der Waals surface area (Å²) in [5.41, 5.74) is 1.64. The van der Waals surface area contributed by atoms with Gasteiger partial charge in [0.1, 0.15) is 5.82 Å². The highest BCUT2D eigenvalue weighted by molar-refractivity contribution is 8.00. The summed E-state index contributed by atoms with van der Waals surface area (Å²) in [6, 6.07) is 7.87. The van der Waals surface area contributed by atoms with E-state index in [1.54, 1.807) is 4.52 Å². The molecule has 0 aliphatic rings. The highest BCUT2D eigenvalue weighted by Gasteiger charge is 2.22. The van der Waals surface area contributed by atoms with Gasteiger partial charge in [0.2, 0.25) is 5.91 Å². The quantitative estimate of drug-likeness (QED) is 0.526. The van der Waals surface area contributed by atoms with Crippen molar-refractivity contribution in [3.05, 3.63) is 30.1 Å². The molecule has 6 nitrogen and oxygen atoms in total. The second kappa shape index (κ2) is 6.76. The lowest BCUT2D eigenvalue weighted by atomic mass is 10.2. The van der Waals surface area contributed by atoms with E-state index in [1.165, 1.54) is 11.8 Å². The minimum Gasteiger partial charge on any atom is -0.342 e. The van der Waals surface area contributed by atoms with E-state index in [1.807, 2.05) is 56.9 Å². The number of carbonyl (C=O) groups is 1. The van der Waals surface area contributed by atoms with Crippen molar-refractivity contribution in [2.75, 3.05) is 13.1 Å². The molecule has 7 heteroatoms. The number of aryl methyl sites for hydroxylation is 1. The maximum atomic E-state index is 12.5. The highest BCUT2D eigenvalue weighted by Crippen LogP contribution is 2.27. The van der Waals surface area contributed by atoms with Crippen molar-refractivity contribution in [1.29, 1.82) is 0 Å². The first kappa shape index (κ1) is 16.7. The molecule has 2 heterocycles. The van der Waals surface area contributed by atoms with E-state index < -0.39 is 0 Å². The van der Waals surface area contributed by atoms with E-state index >= 15 is 0 Å². The Morgan fingerprint density at radius 1 is 1.25 bits per heavy atom. The number of aromatic nitrogens is 4. The molecule has 0 saturated carbocycles. The Hall–Kier alpha value is -2.15. The molecule has 3 rings (SSSR count). The Bertz CT molecular complexity index is 887.